The lowest BCUT2D eigenvalue weighted by molar-refractivity contribution is 0.395. The van der Waals surface area contributed by atoms with Crippen LogP contribution in [0, 0.1) is 18.8 Å². The summed E-state index contributed by atoms with van der Waals surface area (Å²) in [6.45, 7) is 3.87. The Morgan fingerprint density at radius 1 is 1.16 bits per heavy atom. The van der Waals surface area contributed by atoms with Crippen LogP contribution in [0.25, 0.3) is 17.1 Å². The number of aryl methyl sites for hydroxylation is 2. The largest absolute Gasteiger partial charge is 0.497 e. The van der Waals surface area contributed by atoms with Crippen LogP contribution >= 0.6 is 0 Å². The van der Waals surface area contributed by atoms with E-state index in [1.807, 2.05) is 26.1 Å². The van der Waals surface area contributed by atoms with E-state index in [0.29, 0.717) is 23.0 Å². The maximum Gasteiger partial charge on any atom is 0.174 e. The van der Waals surface area contributed by atoms with Gasteiger partial charge < -0.3 is 9.47 Å². The predicted molar refractivity (Wildman–Crippen MR) is 94.8 cm³/mol. The molecule has 2 aromatic heterocycles. The van der Waals surface area contributed by atoms with Crippen molar-refractivity contribution < 1.29 is 9.47 Å². The highest BCUT2D eigenvalue weighted by Crippen LogP contribution is 2.40. The number of nitrogens with zero attached hydrogens (tertiary/aromatic N) is 4. The molecule has 0 amide bonds. The Balaban J connectivity index is 2.31. The van der Waals surface area contributed by atoms with Crippen LogP contribution in [0.4, 0.5) is 5.69 Å². The second-order valence-corrected chi connectivity index (χ2v) is 5.56. The highest BCUT2D eigenvalue weighted by Gasteiger charge is 2.19. The smallest absolute Gasteiger partial charge is 0.174 e. The Morgan fingerprint density at radius 3 is 2.60 bits per heavy atom. The standard InChI is InChI=1S/C18H18N4O3/c1-11-5-6-19-9-14(11)18-20-12(2)10-22(18)15-7-13(24-3)8-16(25-4)17(15)21-23/h5-10H,1-4H3. The van der Waals surface area contributed by atoms with Gasteiger partial charge in [-0.25, -0.2) is 4.98 Å². The van der Waals surface area contributed by atoms with Crippen LogP contribution in [-0.2, 0) is 0 Å². The van der Waals surface area contributed by atoms with Gasteiger partial charge in [0, 0.05) is 36.3 Å². The molecule has 0 unspecified atom stereocenters. The Labute approximate surface area is 145 Å². The van der Waals surface area contributed by atoms with Crippen molar-refractivity contribution in [2.45, 2.75) is 13.8 Å². The number of pyridine rings is 1. The summed E-state index contributed by atoms with van der Waals surface area (Å²) in [5, 5.41) is 3.16. The highest BCUT2D eigenvalue weighted by molar-refractivity contribution is 5.72. The monoisotopic (exact) mass is 338 g/mol. The zero-order chi connectivity index (χ0) is 18.0. The van der Waals surface area contributed by atoms with E-state index in [4.69, 9.17) is 9.47 Å². The molecule has 2 heterocycles. The van der Waals surface area contributed by atoms with Gasteiger partial charge in [0.1, 0.15) is 11.6 Å². The van der Waals surface area contributed by atoms with Crippen molar-refractivity contribution in [2.75, 3.05) is 14.2 Å². The topological polar surface area (TPSA) is 78.6 Å². The van der Waals surface area contributed by atoms with E-state index in [9.17, 15) is 4.91 Å². The third-order valence-corrected chi connectivity index (χ3v) is 3.94. The molecular formula is C18H18N4O3. The quantitative estimate of drug-likeness (QED) is 0.658. The fourth-order valence-corrected chi connectivity index (χ4v) is 2.69. The second kappa shape index (κ2) is 6.72. The van der Waals surface area contributed by atoms with E-state index in [0.717, 1.165) is 16.8 Å². The van der Waals surface area contributed by atoms with Crippen LogP contribution in [0.3, 0.4) is 0 Å². The summed E-state index contributed by atoms with van der Waals surface area (Å²) in [5.74, 6) is 1.56. The zero-order valence-corrected chi connectivity index (χ0v) is 14.5. The van der Waals surface area contributed by atoms with Crippen LogP contribution in [0.15, 0.2) is 42.0 Å². The lowest BCUT2D eigenvalue weighted by atomic mass is 10.1. The fraction of sp³-hybridized carbons (Fsp3) is 0.222. The first-order chi connectivity index (χ1) is 12.1. The molecule has 128 valence electrons. The third kappa shape index (κ3) is 2.96. The Bertz CT molecular complexity index is 934. The van der Waals surface area contributed by atoms with Crippen LogP contribution in [-0.4, -0.2) is 28.8 Å². The van der Waals surface area contributed by atoms with Gasteiger partial charge >= 0.3 is 0 Å². The predicted octanol–water partition coefficient (Wildman–Crippen LogP) is 3.97. The van der Waals surface area contributed by atoms with E-state index in [1.165, 1.54) is 7.11 Å². The maximum absolute atomic E-state index is 11.5. The summed E-state index contributed by atoms with van der Waals surface area (Å²) < 4.78 is 12.4. The van der Waals surface area contributed by atoms with Crippen molar-refractivity contribution in [2.24, 2.45) is 5.18 Å². The number of nitroso groups, excluding NO2 is 1. The van der Waals surface area contributed by atoms with Gasteiger partial charge in [0.05, 0.1) is 25.6 Å². The van der Waals surface area contributed by atoms with Gasteiger partial charge in [-0.1, -0.05) is 0 Å². The Morgan fingerprint density at radius 2 is 1.96 bits per heavy atom. The van der Waals surface area contributed by atoms with Gasteiger partial charge in [-0.3, -0.25) is 9.55 Å². The summed E-state index contributed by atoms with van der Waals surface area (Å²) in [6, 6.07) is 5.27. The molecule has 0 atom stereocenters. The number of ether oxygens (including phenoxy) is 2. The SMILES string of the molecule is COc1cc(OC)c(N=O)c(-n2cc(C)nc2-c2cnccc2C)c1. The summed E-state index contributed by atoms with van der Waals surface area (Å²) >= 11 is 0. The number of rotatable bonds is 5. The lowest BCUT2D eigenvalue weighted by Crippen LogP contribution is -2.00. The van der Waals surface area contributed by atoms with Crippen LogP contribution in [0.2, 0.25) is 0 Å². The number of imidazole rings is 1. The van der Waals surface area contributed by atoms with Crippen LogP contribution in [0.1, 0.15) is 11.3 Å². The summed E-state index contributed by atoms with van der Waals surface area (Å²) in [6.07, 6.45) is 5.32. The summed E-state index contributed by atoms with van der Waals surface area (Å²) in [5.41, 5.74) is 3.41. The van der Waals surface area contributed by atoms with Crippen molar-refractivity contribution in [1.29, 1.82) is 0 Å². The molecule has 0 radical (unpaired) electrons. The first-order valence-electron chi connectivity index (χ1n) is 7.65. The van der Waals surface area contributed by atoms with Crippen molar-refractivity contribution in [3.63, 3.8) is 0 Å². The molecule has 0 saturated heterocycles. The molecule has 0 N–H and O–H groups in total. The average molecular weight is 338 g/mol. The van der Waals surface area contributed by atoms with E-state index >= 15 is 0 Å². The minimum absolute atomic E-state index is 0.184. The molecule has 0 aliphatic rings. The minimum atomic E-state index is 0.184. The Hall–Kier alpha value is -3.22. The van der Waals surface area contributed by atoms with E-state index in [-0.39, 0.29) is 5.69 Å². The van der Waals surface area contributed by atoms with E-state index in [2.05, 4.69) is 15.1 Å². The molecule has 3 rings (SSSR count). The molecule has 3 aromatic rings. The molecule has 7 heteroatoms. The Kier molecular flexibility index (Phi) is 4.47. The number of hydrogen-bond donors (Lipinski definition) is 0. The van der Waals surface area contributed by atoms with Gasteiger partial charge in [-0.05, 0) is 30.7 Å². The normalized spacial score (nSPS) is 10.6. The molecule has 0 saturated carbocycles. The first-order valence-corrected chi connectivity index (χ1v) is 7.65. The molecular weight excluding hydrogens is 320 g/mol. The van der Waals surface area contributed by atoms with Crippen molar-refractivity contribution in [1.82, 2.24) is 14.5 Å². The highest BCUT2D eigenvalue weighted by atomic mass is 16.5. The third-order valence-electron chi connectivity index (χ3n) is 3.94. The fourth-order valence-electron chi connectivity index (χ4n) is 2.69. The molecule has 1 aromatic carbocycles. The average Bonchev–Trinajstić information content (AvgIpc) is 3.02. The van der Waals surface area contributed by atoms with Gasteiger partial charge in [0.15, 0.2) is 11.4 Å². The number of aromatic nitrogens is 3. The van der Waals surface area contributed by atoms with Gasteiger partial charge in [-0.15, -0.1) is 4.91 Å². The van der Waals surface area contributed by atoms with Crippen molar-refractivity contribution in [3.8, 4) is 28.6 Å². The number of hydrogen-bond acceptors (Lipinski definition) is 6. The molecule has 7 nitrogen and oxygen atoms in total. The molecule has 0 fully saturated rings. The molecule has 0 spiro atoms. The van der Waals surface area contributed by atoms with Crippen molar-refractivity contribution in [3.05, 3.63) is 53.0 Å². The minimum Gasteiger partial charge on any atom is -0.497 e. The summed E-state index contributed by atoms with van der Waals surface area (Å²) in [7, 11) is 3.04. The van der Waals surface area contributed by atoms with Gasteiger partial charge in [-0.2, -0.15) is 0 Å². The number of benzene rings is 1. The number of methoxy groups -OCH3 is 2. The molecule has 25 heavy (non-hydrogen) atoms. The maximum atomic E-state index is 11.5. The van der Waals surface area contributed by atoms with Crippen LogP contribution < -0.4 is 9.47 Å². The molecule has 0 aliphatic carbocycles. The van der Waals surface area contributed by atoms with E-state index in [1.54, 1.807) is 36.2 Å². The van der Waals surface area contributed by atoms with Gasteiger partial charge in [0.25, 0.3) is 0 Å². The van der Waals surface area contributed by atoms with Crippen LogP contribution in [0.5, 0.6) is 11.5 Å². The second-order valence-electron chi connectivity index (χ2n) is 5.56. The van der Waals surface area contributed by atoms with E-state index < -0.39 is 0 Å². The van der Waals surface area contributed by atoms with Crippen molar-refractivity contribution >= 4 is 5.69 Å². The molecule has 0 aliphatic heterocycles. The molecule has 0 bridgehead atoms. The van der Waals surface area contributed by atoms with Gasteiger partial charge in [0.2, 0.25) is 0 Å². The zero-order valence-electron chi connectivity index (χ0n) is 14.5. The first kappa shape index (κ1) is 16.6. The lowest BCUT2D eigenvalue weighted by Gasteiger charge is -2.14. The summed E-state index contributed by atoms with van der Waals surface area (Å²) in [4.78, 5) is 20.3.